The summed E-state index contributed by atoms with van der Waals surface area (Å²) in [6, 6.07) is 0. The lowest BCUT2D eigenvalue weighted by Crippen LogP contribution is -2.56. The fraction of sp³-hybridized carbons (Fsp3) is 1.00. The smallest absolute Gasteiger partial charge is 0.190 e. The highest BCUT2D eigenvalue weighted by atomic mass is 16.9. The number of hydrogen-bond donors (Lipinski definition) is 0. The first-order valence-corrected chi connectivity index (χ1v) is 13.4. The minimum absolute atomic E-state index is 0.0408. The summed E-state index contributed by atoms with van der Waals surface area (Å²) in [5, 5.41) is 0. The second-order valence-corrected chi connectivity index (χ2v) is 11.6. The Balaban J connectivity index is 1.31. The van der Waals surface area contributed by atoms with Crippen LogP contribution in [-0.4, -0.2) is 88.2 Å². The normalized spacial score (nSPS) is 46.8. The quantitative estimate of drug-likeness (QED) is 0.545. The molecule has 5 aliphatic rings. The molecule has 1 aliphatic carbocycles. The number of hydrogen-bond acceptors (Lipinski definition) is 9. The van der Waals surface area contributed by atoms with Crippen LogP contribution < -0.4 is 0 Å². The Morgan fingerprint density at radius 3 is 2.14 bits per heavy atom. The fourth-order valence-corrected chi connectivity index (χ4v) is 6.60. The van der Waals surface area contributed by atoms with E-state index < -0.39 is 17.9 Å². The van der Waals surface area contributed by atoms with Crippen molar-refractivity contribution >= 4 is 0 Å². The van der Waals surface area contributed by atoms with Crippen molar-refractivity contribution in [1.29, 1.82) is 0 Å². The SMILES string of the molecule is COC[C@H]1[C@H]2CCCCCC[C@@H](OC)[C@@H]1O[C@H]2OC[C@H]1O[C@@H]2OC(C)(C)O[C@@H]2[C@H]2OC(C)(C)O[C@H]21. The fourth-order valence-electron chi connectivity index (χ4n) is 6.60. The molecule has 5 rings (SSSR count). The van der Waals surface area contributed by atoms with Crippen molar-refractivity contribution in [3.8, 4) is 0 Å². The summed E-state index contributed by atoms with van der Waals surface area (Å²) in [6.07, 6.45) is 4.61. The second-order valence-electron chi connectivity index (χ2n) is 11.6. The molecule has 10 atom stereocenters. The Kier molecular flexibility index (Phi) is 7.82. The number of fused-ring (bicyclic) bond motifs is 5. The van der Waals surface area contributed by atoms with E-state index in [4.69, 9.17) is 42.6 Å². The van der Waals surface area contributed by atoms with Crippen LogP contribution in [0.4, 0.5) is 0 Å². The molecular formula is C26H44O9. The maximum atomic E-state index is 6.58. The summed E-state index contributed by atoms with van der Waals surface area (Å²) >= 11 is 0. The van der Waals surface area contributed by atoms with Crippen LogP contribution in [0.15, 0.2) is 0 Å². The molecule has 0 N–H and O–H groups in total. The summed E-state index contributed by atoms with van der Waals surface area (Å²) in [5.74, 6) is -1.00. The van der Waals surface area contributed by atoms with E-state index in [0.717, 1.165) is 25.7 Å². The molecule has 4 aliphatic heterocycles. The largest absolute Gasteiger partial charge is 0.384 e. The third-order valence-corrected chi connectivity index (χ3v) is 8.09. The molecule has 0 radical (unpaired) electrons. The van der Waals surface area contributed by atoms with Crippen molar-refractivity contribution in [2.75, 3.05) is 27.4 Å². The summed E-state index contributed by atoms with van der Waals surface area (Å²) in [5.41, 5.74) is 0. The Hall–Kier alpha value is -0.360. The highest BCUT2D eigenvalue weighted by Crippen LogP contribution is 2.45. The first-order chi connectivity index (χ1) is 16.7. The number of ether oxygens (including phenoxy) is 9. The molecule has 2 bridgehead atoms. The van der Waals surface area contributed by atoms with Crippen LogP contribution in [0.1, 0.15) is 66.2 Å². The van der Waals surface area contributed by atoms with Gasteiger partial charge in [0.25, 0.3) is 0 Å². The van der Waals surface area contributed by atoms with Crippen molar-refractivity contribution in [2.45, 2.75) is 127 Å². The molecule has 5 fully saturated rings. The average Bonchev–Trinajstić information content (AvgIpc) is 3.40. The Labute approximate surface area is 209 Å². The lowest BCUT2D eigenvalue weighted by Gasteiger charge is -2.37. The van der Waals surface area contributed by atoms with Crippen molar-refractivity contribution in [2.24, 2.45) is 11.8 Å². The van der Waals surface area contributed by atoms with Crippen LogP contribution in [0.3, 0.4) is 0 Å². The molecule has 0 amide bonds. The highest BCUT2D eigenvalue weighted by molar-refractivity contribution is 5.00. The van der Waals surface area contributed by atoms with Gasteiger partial charge in [0.1, 0.15) is 24.4 Å². The van der Waals surface area contributed by atoms with Crippen molar-refractivity contribution in [3.05, 3.63) is 0 Å². The maximum absolute atomic E-state index is 6.58. The minimum atomic E-state index is -0.743. The lowest BCUT2D eigenvalue weighted by atomic mass is 9.82. The molecule has 1 saturated carbocycles. The topological polar surface area (TPSA) is 83.1 Å². The van der Waals surface area contributed by atoms with Gasteiger partial charge in [0, 0.05) is 26.1 Å². The molecule has 0 aromatic carbocycles. The zero-order valence-corrected chi connectivity index (χ0v) is 22.1. The molecule has 9 heteroatoms. The third kappa shape index (κ3) is 5.45. The van der Waals surface area contributed by atoms with Gasteiger partial charge in [-0.15, -0.1) is 0 Å². The van der Waals surface area contributed by atoms with Gasteiger partial charge in [-0.25, -0.2) is 0 Å². The molecule has 0 spiro atoms. The number of rotatable bonds is 6. The first kappa shape index (κ1) is 26.3. The summed E-state index contributed by atoms with van der Waals surface area (Å²) < 4.78 is 55.6. The lowest BCUT2D eigenvalue weighted by molar-refractivity contribution is -0.259. The zero-order valence-electron chi connectivity index (χ0n) is 22.1. The van der Waals surface area contributed by atoms with Crippen LogP contribution in [0.25, 0.3) is 0 Å². The molecule has 0 aromatic rings. The van der Waals surface area contributed by atoms with Gasteiger partial charge in [-0.05, 0) is 40.5 Å². The van der Waals surface area contributed by atoms with Crippen molar-refractivity contribution in [1.82, 2.24) is 0 Å². The molecular weight excluding hydrogens is 456 g/mol. The molecule has 0 aromatic heterocycles. The third-order valence-electron chi connectivity index (χ3n) is 8.09. The van der Waals surface area contributed by atoms with Gasteiger partial charge in [0.05, 0.1) is 25.4 Å². The van der Waals surface area contributed by atoms with E-state index in [1.807, 2.05) is 27.7 Å². The Bertz CT molecular complexity index is 715. The van der Waals surface area contributed by atoms with Crippen molar-refractivity contribution in [3.63, 3.8) is 0 Å². The van der Waals surface area contributed by atoms with Gasteiger partial charge in [-0.2, -0.15) is 0 Å². The van der Waals surface area contributed by atoms with E-state index in [0.29, 0.717) is 13.2 Å². The molecule has 4 saturated heterocycles. The van der Waals surface area contributed by atoms with Crippen LogP contribution >= 0.6 is 0 Å². The number of methoxy groups -OCH3 is 2. The van der Waals surface area contributed by atoms with Crippen LogP contribution in [-0.2, 0) is 42.6 Å². The standard InChI is InChI=1S/C26H44O9/c1-25(2)32-20-18(30-24-22(21(20)33-25)34-26(3,4)35-24)14-29-23-15-11-9-7-8-10-12-17(28-6)19(31-23)16(15)13-27-5/h15-24H,7-14H2,1-6H3/t15-,16+,17-,18-,19-,20+,21+,22-,23-,24-/m1/s1. The average molecular weight is 501 g/mol. The Morgan fingerprint density at radius 2 is 1.40 bits per heavy atom. The summed E-state index contributed by atoms with van der Waals surface area (Å²) in [4.78, 5) is 0. The van der Waals surface area contributed by atoms with E-state index in [9.17, 15) is 0 Å². The van der Waals surface area contributed by atoms with Gasteiger partial charge in [-0.1, -0.05) is 25.7 Å². The predicted molar refractivity (Wildman–Crippen MR) is 124 cm³/mol. The maximum Gasteiger partial charge on any atom is 0.190 e. The molecule has 4 heterocycles. The van der Waals surface area contributed by atoms with Gasteiger partial charge in [-0.3, -0.25) is 0 Å². The van der Waals surface area contributed by atoms with Gasteiger partial charge in [0.2, 0.25) is 0 Å². The van der Waals surface area contributed by atoms with Gasteiger partial charge >= 0.3 is 0 Å². The van der Waals surface area contributed by atoms with Crippen molar-refractivity contribution < 1.29 is 42.6 Å². The molecule has 9 nitrogen and oxygen atoms in total. The van der Waals surface area contributed by atoms with E-state index in [-0.39, 0.29) is 54.7 Å². The highest BCUT2D eigenvalue weighted by Gasteiger charge is 2.61. The van der Waals surface area contributed by atoms with E-state index >= 15 is 0 Å². The molecule has 0 unspecified atom stereocenters. The van der Waals surface area contributed by atoms with E-state index in [1.54, 1.807) is 14.2 Å². The van der Waals surface area contributed by atoms with Crippen LogP contribution in [0.5, 0.6) is 0 Å². The van der Waals surface area contributed by atoms with Gasteiger partial charge < -0.3 is 42.6 Å². The summed E-state index contributed by atoms with van der Waals surface area (Å²) in [7, 11) is 3.54. The Morgan fingerprint density at radius 1 is 0.714 bits per heavy atom. The van der Waals surface area contributed by atoms with Gasteiger partial charge in [0.15, 0.2) is 24.2 Å². The molecule has 35 heavy (non-hydrogen) atoms. The van der Waals surface area contributed by atoms with E-state index in [2.05, 4.69) is 0 Å². The second kappa shape index (κ2) is 10.4. The predicted octanol–water partition coefficient (Wildman–Crippen LogP) is 3.37. The molecule has 202 valence electrons. The van der Waals surface area contributed by atoms with E-state index in [1.165, 1.54) is 12.8 Å². The zero-order chi connectivity index (χ0) is 24.8. The van der Waals surface area contributed by atoms with Crippen LogP contribution in [0, 0.1) is 11.8 Å². The van der Waals surface area contributed by atoms with Crippen LogP contribution in [0.2, 0.25) is 0 Å². The monoisotopic (exact) mass is 500 g/mol. The summed E-state index contributed by atoms with van der Waals surface area (Å²) in [6.45, 7) is 8.57. The first-order valence-electron chi connectivity index (χ1n) is 13.4. The minimum Gasteiger partial charge on any atom is -0.384 e.